The predicted octanol–water partition coefficient (Wildman–Crippen LogP) is 4.50. The number of hydrogen-bond acceptors (Lipinski definition) is 3. The highest BCUT2D eigenvalue weighted by atomic mass is 35.5. The van der Waals surface area contributed by atoms with Gasteiger partial charge in [-0.2, -0.15) is 0 Å². The summed E-state index contributed by atoms with van der Waals surface area (Å²) >= 11 is 7.57. The van der Waals surface area contributed by atoms with E-state index >= 15 is 0 Å². The number of halogens is 1. The van der Waals surface area contributed by atoms with Crippen LogP contribution in [0.3, 0.4) is 0 Å². The average molecular weight is 303 g/mol. The third kappa shape index (κ3) is 2.70. The third-order valence-corrected chi connectivity index (χ3v) is 4.58. The molecule has 2 nitrogen and oxygen atoms in total. The molecule has 2 heterocycles. The lowest BCUT2D eigenvalue weighted by Gasteiger charge is -2.14. The van der Waals surface area contributed by atoms with Crippen molar-refractivity contribution in [3.63, 3.8) is 0 Å². The Balaban J connectivity index is 2.00. The molecule has 2 N–H and O–H groups in total. The Morgan fingerprint density at radius 2 is 2.05 bits per heavy atom. The van der Waals surface area contributed by atoms with Gasteiger partial charge in [-0.3, -0.25) is 4.98 Å². The molecule has 0 aliphatic rings. The molecule has 3 aromatic rings. The molecule has 1 atom stereocenters. The lowest BCUT2D eigenvalue weighted by molar-refractivity contribution is 0.734. The number of rotatable bonds is 3. The van der Waals surface area contributed by atoms with Gasteiger partial charge >= 0.3 is 0 Å². The van der Waals surface area contributed by atoms with Crippen molar-refractivity contribution in [1.29, 1.82) is 0 Å². The number of pyridine rings is 1. The smallest absolute Gasteiger partial charge is 0.0931 e. The molecule has 20 heavy (non-hydrogen) atoms. The number of fused-ring (bicyclic) bond motifs is 1. The molecule has 0 bridgehead atoms. The van der Waals surface area contributed by atoms with Crippen LogP contribution in [0.25, 0.3) is 10.9 Å². The second kappa shape index (κ2) is 5.52. The second-order valence-electron chi connectivity index (χ2n) is 4.89. The van der Waals surface area contributed by atoms with Crippen molar-refractivity contribution in [3.8, 4) is 0 Å². The molecule has 0 saturated carbocycles. The zero-order valence-electron chi connectivity index (χ0n) is 11.1. The Kier molecular flexibility index (Phi) is 3.74. The van der Waals surface area contributed by atoms with Crippen LogP contribution in [-0.4, -0.2) is 4.98 Å². The van der Waals surface area contributed by atoms with Gasteiger partial charge in [-0.15, -0.1) is 11.3 Å². The number of benzene rings is 1. The minimum atomic E-state index is -0.0451. The molecule has 102 valence electrons. The maximum atomic E-state index is 6.41. The van der Waals surface area contributed by atoms with Gasteiger partial charge in [-0.05, 0) is 36.8 Å². The monoisotopic (exact) mass is 302 g/mol. The summed E-state index contributed by atoms with van der Waals surface area (Å²) in [5.41, 5.74) is 9.56. The fourth-order valence-corrected chi connectivity index (χ4v) is 3.58. The van der Waals surface area contributed by atoms with Crippen LogP contribution in [0.1, 0.15) is 22.2 Å². The van der Waals surface area contributed by atoms with Crippen molar-refractivity contribution in [1.82, 2.24) is 4.98 Å². The van der Waals surface area contributed by atoms with Crippen molar-refractivity contribution in [2.24, 2.45) is 5.73 Å². The number of thiophene rings is 1. The SMILES string of the molecule is Cc1cc(C(N)Cc2ccc(Cl)s2)c2ccccc2n1. The summed E-state index contributed by atoms with van der Waals surface area (Å²) in [5, 5.41) is 1.13. The van der Waals surface area contributed by atoms with Crippen molar-refractivity contribution in [2.75, 3.05) is 0 Å². The molecular weight excluding hydrogens is 288 g/mol. The predicted molar refractivity (Wildman–Crippen MR) is 86.4 cm³/mol. The summed E-state index contributed by atoms with van der Waals surface area (Å²) < 4.78 is 0.808. The van der Waals surface area contributed by atoms with Crippen LogP contribution >= 0.6 is 22.9 Å². The van der Waals surface area contributed by atoms with E-state index in [1.807, 2.05) is 37.3 Å². The highest BCUT2D eigenvalue weighted by Crippen LogP contribution is 2.29. The van der Waals surface area contributed by atoms with E-state index in [9.17, 15) is 0 Å². The summed E-state index contributed by atoms with van der Waals surface area (Å²) in [4.78, 5) is 5.77. The molecule has 3 rings (SSSR count). The van der Waals surface area contributed by atoms with Gasteiger partial charge in [-0.25, -0.2) is 0 Å². The van der Waals surface area contributed by atoms with E-state index in [1.54, 1.807) is 11.3 Å². The number of nitrogens with zero attached hydrogens (tertiary/aromatic N) is 1. The van der Waals surface area contributed by atoms with Crippen LogP contribution in [-0.2, 0) is 6.42 Å². The molecule has 0 aliphatic carbocycles. The Morgan fingerprint density at radius 1 is 1.25 bits per heavy atom. The second-order valence-corrected chi connectivity index (χ2v) is 6.69. The molecular formula is C16H15ClN2S. The first-order valence-corrected chi connectivity index (χ1v) is 7.69. The van der Waals surface area contributed by atoms with Gasteiger partial charge < -0.3 is 5.73 Å². The highest BCUT2D eigenvalue weighted by molar-refractivity contribution is 7.16. The minimum Gasteiger partial charge on any atom is -0.324 e. The zero-order chi connectivity index (χ0) is 14.1. The molecule has 0 saturated heterocycles. The van der Waals surface area contributed by atoms with Crippen LogP contribution in [0.4, 0.5) is 0 Å². The summed E-state index contributed by atoms with van der Waals surface area (Å²) in [6.07, 6.45) is 0.796. The summed E-state index contributed by atoms with van der Waals surface area (Å²) in [5.74, 6) is 0. The quantitative estimate of drug-likeness (QED) is 0.773. The Hall–Kier alpha value is -1.42. The maximum absolute atomic E-state index is 6.41. The van der Waals surface area contributed by atoms with Crippen molar-refractivity contribution < 1.29 is 0 Å². The summed E-state index contributed by atoms with van der Waals surface area (Å²) in [7, 11) is 0. The average Bonchev–Trinajstić information content (AvgIpc) is 2.83. The van der Waals surface area contributed by atoms with Crippen LogP contribution in [0.5, 0.6) is 0 Å². The Morgan fingerprint density at radius 3 is 2.80 bits per heavy atom. The van der Waals surface area contributed by atoms with Gasteiger partial charge in [0.25, 0.3) is 0 Å². The van der Waals surface area contributed by atoms with E-state index < -0.39 is 0 Å². The molecule has 2 aromatic heterocycles. The molecule has 0 amide bonds. The molecule has 0 spiro atoms. The standard InChI is InChI=1S/C16H15ClN2S/c1-10-8-13(12-4-2-3-5-15(12)19-10)14(18)9-11-6-7-16(17)20-11/h2-8,14H,9,18H2,1H3. The number of para-hydroxylation sites is 1. The van der Waals surface area contributed by atoms with E-state index in [4.69, 9.17) is 17.3 Å². The van der Waals surface area contributed by atoms with Crippen LogP contribution < -0.4 is 5.73 Å². The molecule has 1 aromatic carbocycles. The van der Waals surface area contributed by atoms with Gasteiger partial charge in [0, 0.05) is 28.4 Å². The van der Waals surface area contributed by atoms with E-state index in [0.717, 1.165) is 32.9 Å². The van der Waals surface area contributed by atoms with Crippen LogP contribution in [0.15, 0.2) is 42.5 Å². The largest absolute Gasteiger partial charge is 0.324 e. The highest BCUT2D eigenvalue weighted by Gasteiger charge is 2.13. The van der Waals surface area contributed by atoms with Crippen LogP contribution in [0.2, 0.25) is 4.34 Å². The first kappa shape index (κ1) is 13.6. The molecule has 4 heteroatoms. The summed E-state index contributed by atoms with van der Waals surface area (Å²) in [6.45, 7) is 2.00. The van der Waals surface area contributed by atoms with E-state index in [2.05, 4.69) is 17.1 Å². The van der Waals surface area contributed by atoms with Gasteiger partial charge in [-0.1, -0.05) is 29.8 Å². The van der Waals surface area contributed by atoms with Gasteiger partial charge in [0.2, 0.25) is 0 Å². The Labute approximate surface area is 127 Å². The molecule has 1 unspecified atom stereocenters. The van der Waals surface area contributed by atoms with E-state index in [1.165, 1.54) is 4.88 Å². The number of nitrogens with two attached hydrogens (primary N) is 1. The van der Waals surface area contributed by atoms with Crippen molar-refractivity contribution >= 4 is 33.8 Å². The van der Waals surface area contributed by atoms with Crippen molar-refractivity contribution in [3.05, 3.63) is 62.9 Å². The minimum absolute atomic E-state index is 0.0451. The summed E-state index contributed by atoms with van der Waals surface area (Å²) in [6, 6.07) is 14.1. The lowest BCUT2D eigenvalue weighted by Crippen LogP contribution is -2.13. The topological polar surface area (TPSA) is 38.9 Å². The first-order chi connectivity index (χ1) is 9.63. The van der Waals surface area contributed by atoms with Gasteiger partial charge in [0.05, 0.1) is 9.85 Å². The molecule has 0 radical (unpaired) electrons. The van der Waals surface area contributed by atoms with E-state index in [0.29, 0.717) is 0 Å². The van der Waals surface area contributed by atoms with Gasteiger partial charge in [0.15, 0.2) is 0 Å². The van der Waals surface area contributed by atoms with Crippen molar-refractivity contribution in [2.45, 2.75) is 19.4 Å². The normalized spacial score (nSPS) is 12.8. The molecule has 0 fully saturated rings. The fraction of sp³-hybridized carbons (Fsp3) is 0.188. The maximum Gasteiger partial charge on any atom is 0.0931 e. The lowest BCUT2D eigenvalue weighted by atomic mass is 9.98. The Bertz CT molecular complexity index is 751. The first-order valence-electron chi connectivity index (χ1n) is 6.49. The zero-order valence-corrected chi connectivity index (χ0v) is 12.7. The fourth-order valence-electron chi connectivity index (χ4n) is 2.44. The number of aryl methyl sites for hydroxylation is 1. The van der Waals surface area contributed by atoms with Gasteiger partial charge in [0.1, 0.15) is 0 Å². The molecule has 0 aliphatic heterocycles. The third-order valence-electron chi connectivity index (χ3n) is 3.33. The number of aromatic nitrogens is 1. The number of hydrogen-bond donors (Lipinski definition) is 1. The van der Waals surface area contributed by atoms with E-state index in [-0.39, 0.29) is 6.04 Å². The van der Waals surface area contributed by atoms with Crippen LogP contribution in [0, 0.1) is 6.92 Å².